The van der Waals surface area contributed by atoms with Crippen LogP contribution < -0.4 is 5.32 Å². The number of aryl methyl sites for hydroxylation is 1. The van der Waals surface area contributed by atoms with Gasteiger partial charge in [-0.25, -0.2) is 0 Å². The lowest BCUT2D eigenvalue weighted by atomic mass is 9.99. The van der Waals surface area contributed by atoms with Crippen molar-refractivity contribution in [2.45, 2.75) is 39.7 Å². The molecule has 1 heterocycles. The molecule has 0 saturated carbocycles. The standard InChI is InChI=1S/C19H28BrN3O2/c1-13-7-9-23(10-8-13)19(25)15(3)22(4)12-18(24)21-17-6-5-16(20)11-14(17)2/h5-6,11,13,15H,7-10,12H2,1-4H3,(H,21,24). The highest BCUT2D eigenvalue weighted by molar-refractivity contribution is 9.10. The maximum atomic E-state index is 12.6. The maximum absolute atomic E-state index is 12.6. The van der Waals surface area contributed by atoms with Crippen molar-refractivity contribution in [3.05, 3.63) is 28.2 Å². The van der Waals surface area contributed by atoms with Crippen LogP contribution in [0.1, 0.15) is 32.3 Å². The van der Waals surface area contributed by atoms with Crippen molar-refractivity contribution in [1.82, 2.24) is 9.80 Å². The fraction of sp³-hybridized carbons (Fsp3) is 0.579. The summed E-state index contributed by atoms with van der Waals surface area (Å²) in [5, 5.41) is 2.92. The molecule has 25 heavy (non-hydrogen) atoms. The second-order valence-corrected chi connectivity index (χ2v) is 8.02. The summed E-state index contributed by atoms with van der Waals surface area (Å²) >= 11 is 3.42. The van der Waals surface area contributed by atoms with Gasteiger partial charge in [0, 0.05) is 23.2 Å². The molecule has 2 rings (SSSR count). The second kappa shape index (κ2) is 8.81. The van der Waals surface area contributed by atoms with Gasteiger partial charge in [-0.3, -0.25) is 14.5 Å². The largest absolute Gasteiger partial charge is 0.341 e. The minimum atomic E-state index is -0.301. The molecule has 1 saturated heterocycles. The van der Waals surface area contributed by atoms with Gasteiger partial charge in [-0.15, -0.1) is 0 Å². The van der Waals surface area contributed by atoms with Crippen molar-refractivity contribution in [3.63, 3.8) is 0 Å². The average molecular weight is 410 g/mol. The van der Waals surface area contributed by atoms with Gasteiger partial charge in [0.1, 0.15) is 0 Å². The number of nitrogens with one attached hydrogen (secondary N) is 1. The quantitative estimate of drug-likeness (QED) is 0.811. The Bertz CT molecular complexity index is 627. The van der Waals surface area contributed by atoms with Crippen LogP contribution in [0.4, 0.5) is 5.69 Å². The van der Waals surface area contributed by atoms with Crippen LogP contribution in [0.25, 0.3) is 0 Å². The Morgan fingerprint density at radius 2 is 2.00 bits per heavy atom. The van der Waals surface area contributed by atoms with E-state index in [0.29, 0.717) is 5.92 Å². The molecule has 1 aliphatic heterocycles. The minimum Gasteiger partial charge on any atom is -0.341 e. The number of carbonyl (C=O) groups is 2. The van der Waals surface area contributed by atoms with Crippen molar-refractivity contribution in [2.24, 2.45) is 5.92 Å². The summed E-state index contributed by atoms with van der Waals surface area (Å²) in [6, 6.07) is 5.43. The zero-order valence-corrected chi connectivity index (χ0v) is 17.1. The molecular weight excluding hydrogens is 382 g/mol. The van der Waals surface area contributed by atoms with Crippen molar-refractivity contribution < 1.29 is 9.59 Å². The van der Waals surface area contributed by atoms with Crippen LogP contribution in [0.2, 0.25) is 0 Å². The summed E-state index contributed by atoms with van der Waals surface area (Å²) in [6.07, 6.45) is 2.12. The lowest BCUT2D eigenvalue weighted by molar-refractivity contribution is -0.137. The van der Waals surface area contributed by atoms with E-state index in [-0.39, 0.29) is 24.4 Å². The molecule has 1 atom stereocenters. The molecule has 5 nitrogen and oxygen atoms in total. The first-order valence-corrected chi connectivity index (χ1v) is 9.62. The smallest absolute Gasteiger partial charge is 0.239 e. The van der Waals surface area contributed by atoms with E-state index in [1.54, 1.807) is 0 Å². The predicted molar refractivity (Wildman–Crippen MR) is 105 cm³/mol. The Labute approximate surface area is 158 Å². The number of likely N-dealkylation sites (N-methyl/N-ethyl adjacent to an activating group) is 1. The fourth-order valence-corrected chi connectivity index (χ4v) is 3.48. The molecule has 1 aromatic rings. The SMILES string of the molecule is Cc1cc(Br)ccc1NC(=O)CN(C)C(C)C(=O)N1CCC(C)CC1. The van der Waals surface area contributed by atoms with Gasteiger partial charge in [-0.05, 0) is 63.4 Å². The molecule has 0 bridgehead atoms. The molecule has 0 radical (unpaired) electrons. The molecule has 2 amide bonds. The number of piperidine rings is 1. The number of likely N-dealkylation sites (tertiary alicyclic amines) is 1. The fourth-order valence-electron chi connectivity index (χ4n) is 3.00. The van der Waals surface area contributed by atoms with Gasteiger partial charge in [0.25, 0.3) is 0 Å². The van der Waals surface area contributed by atoms with Crippen molar-refractivity contribution >= 4 is 33.4 Å². The first-order valence-electron chi connectivity index (χ1n) is 8.83. The van der Waals surface area contributed by atoms with E-state index < -0.39 is 0 Å². The molecule has 1 unspecified atom stereocenters. The highest BCUT2D eigenvalue weighted by atomic mass is 79.9. The Balaban J connectivity index is 1.88. The van der Waals surface area contributed by atoms with Gasteiger partial charge >= 0.3 is 0 Å². The Hall–Kier alpha value is -1.40. The van der Waals surface area contributed by atoms with Crippen LogP contribution in [0.5, 0.6) is 0 Å². The molecule has 1 aliphatic rings. The Morgan fingerprint density at radius 1 is 1.36 bits per heavy atom. The third kappa shape index (κ3) is 5.54. The number of halogens is 1. The number of carbonyl (C=O) groups excluding carboxylic acids is 2. The van der Waals surface area contributed by atoms with E-state index >= 15 is 0 Å². The van der Waals surface area contributed by atoms with Gasteiger partial charge in [0.15, 0.2) is 0 Å². The molecule has 1 N–H and O–H groups in total. The van der Waals surface area contributed by atoms with Gasteiger partial charge in [-0.1, -0.05) is 22.9 Å². The monoisotopic (exact) mass is 409 g/mol. The average Bonchev–Trinajstić information content (AvgIpc) is 2.56. The van der Waals surface area contributed by atoms with Crippen LogP contribution in [0.3, 0.4) is 0 Å². The molecule has 0 spiro atoms. The van der Waals surface area contributed by atoms with E-state index in [0.717, 1.165) is 41.7 Å². The van der Waals surface area contributed by atoms with E-state index in [9.17, 15) is 9.59 Å². The van der Waals surface area contributed by atoms with Gasteiger partial charge in [-0.2, -0.15) is 0 Å². The van der Waals surface area contributed by atoms with Crippen molar-refractivity contribution in [1.29, 1.82) is 0 Å². The van der Waals surface area contributed by atoms with Crippen LogP contribution in [0.15, 0.2) is 22.7 Å². The summed E-state index contributed by atoms with van der Waals surface area (Å²) < 4.78 is 0.982. The summed E-state index contributed by atoms with van der Waals surface area (Å²) in [6.45, 7) is 7.88. The molecule has 138 valence electrons. The van der Waals surface area contributed by atoms with Crippen LogP contribution in [0, 0.1) is 12.8 Å². The number of rotatable bonds is 5. The first-order chi connectivity index (χ1) is 11.8. The molecule has 1 fully saturated rings. The van der Waals surface area contributed by atoms with Gasteiger partial charge in [0.05, 0.1) is 12.6 Å². The summed E-state index contributed by atoms with van der Waals surface area (Å²) in [7, 11) is 1.82. The van der Waals surface area contributed by atoms with E-state index in [2.05, 4.69) is 28.2 Å². The van der Waals surface area contributed by atoms with Crippen LogP contribution in [-0.2, 0) is 9.59 Å². The lowest BCUT2D eigenvalue weighted by Gasteiger charge is -2.34. The highest BCUT2D eigenvalue weighted by Crippen LogP contribution is 2.20. The van der Waals surface area contributed by atoms with E-state index in [1.165, 1.54) is 0 Å². The topological polar surface area (TPSA) is 52.7 Å². The van der Waals surface area contributed by atoms with Crippen molar-refractivity contribution in [3.8, 4) is 0 Å². The third-order valence-electron chi connectivity index (χ3n) is 4.97. The lowest BCUT2D eigenvalue weighted by Crippen LogP contribution is -2.49. The number of amides is 2. The number of nitrogens with zero attached hydrogens (tertiary/aromatic N) is 2. The number of benzene rings is 1. The normalized spacial score (nSPS) is 16.8. The van der Waals surface area contributed by atoms with E-state index in [1.807, 2.05) is 48.9 Å². The zero-order chi connectivity index (χ0) is 18.6. The number of anilines is 1. The van der Waals surface area contributed by atoms with E-state index in [4.69, 9.17) is 0 Å². The molecule has 1 aromatic carbocycles. The molecule has 0 aromatic heterocycles. The maximum Gasteiger partial charge on any atom is 0.239 e. The number of hydrogen-bond donors (Lipinski definition) is 1. The Kier molecular flexibility index (Phi) is 7.02. The van der Waals surface area contributed by atoms with Crippen LogP contribution in [-0.4, -0.2) is 54.3 Å². The van der Waals surface area contributed by atoms with Crippen LogP contribution >= 0.6 is 15.9 Å². The van der Waals surface area contributed by atoms with Crippen molar-refractivity contribution in [2.75, 3.05) is 32.0 Å². The minimum absolute atomic E-state index is 0.111. The highest BCUT2D eigenvalue weighted by Gasteiger charge is 2.27. The summed E-state index contributed by atoms with van der Waals surface area (Å²) in [5.74, 6) is 0.693. The second-order valence-electron chi connectivity index (χ2n) is 7.11. The Morgan fingerprint density at radius 3 is 2.60 bits per heavy atom. The third-order valence-corrected chi connectivity index (χ3v) is 5.46. The number of hydrogen-bond acceptors (Lipinski definition) is 3. The predicted octanol–water partition coefficient (Wildman–Crippen LogP) is 3.27. The summed E-state index contributed by atoms with van der Waals surface area (Å²) in [5.41, 5.74) is 1.79. The first kappa shape index (κ1) is 19.9. The zero-order valence-electron chi connectivity index (χ0n) is 15.5. The molecule has 6 heteroatoms. The van der Waals surface area contributed by atoms with Gasteiger partial charge < -0.3 is 10.2 Å². The molecule has 0 aliphatic carbocycles. The summed E-state index contributed by atoms with van der Waals surface area (Å²) in [4.78, 5) is 28.7. The molecular formula is C19H28BrN3O2. The van der Waals surface area contributed by atoms with Gasteiger partial charge in [0.2, 0.25) is 11.8 Å².